The molecule has 1 heterocycles. The first-order valence-electron chi connectivity index (χ1n) is 8.72. The van der Waals surface area contributed by atoms with E-state index >= 15 is 0 Å². The van der Waals surface area contributed by atoms with Crippen LogP contribution in [-0.4, -0.2) is 18.8 Å². The maximum atomic E-state index is 9.24. The van der Waals surface area contributed by atoms with Crippen molar-refractivity contribution in [3.63, 3.8) is 0 Å². The molecular weight excluding hydrogens is 308 g/mol. The third kappa shape index (κ3) is 2.94. The quantitative estimate of drug-likeness (QED) is 0.871. The Kier molecular flexibility index (Phi) is 4.67. The van der Waals surface area contributed by atoms with Crippen molar-refractivity contribution >= 4 is 17.1 Å². The standard InChI is InChI=1S/C21H24N4/c1-4-24-19-12-11-17(16-22)15-20(19)25(5-2)21(24,3)13-14-23-18-9-7-6-8-10-18/h6-15,23H,4-5H2,1-3H3. The molecule has 0 amide bonds. The fraction of sp³-hybridized carbons (Fsp3) is 0.286. The number of nitrogens with one attached hydrogen (secondary N) is 1. The van der Waals surface area contributed by atoms with E-state index in [1.165, 1.54) is 5.69 Å². The van der Waals surface area contributed by atoms with Crippen molar-refractivity contribution < 1.29 is 0 Å². The number of benzene rings is 2. The van der Waals surface area contributed by atoms with Gasteiger partial charge in [-0.15, -0.1) is 0 Å². The molecule has 0 saturated heterocycles. The number of fused-ring (bicyclic) bond motifs is 1. The highest BCUT2D eigenvalue weighted by molar-refractivity contribution is 5.81. The van der Waals surface area contributed by atoms with Crippen molar-refractivity contribution in [1.82, 2.24) is 0 Å². The number of nitrogens with zero attached hydrogens (tertiary/aromatic N) is 3. The second-order valence-electron chi connectivity index (χ2n) is 6.24. The molecule has 128 valence electrons. The Morgan fingerprint density at radius 1 is 1.04 bits per heavy atom. The smallest absolute Gasteiger partial charge is 0.131 e. The number of nitriles is 1. The van der Waals surface area contributed by atoms with Crippen molar-refractivity contribution in [3.05, 3.63) is 66.4 Å². The number of para-hydroxylation sites is 1. The minimum Gasteiger partial charge on any atom is -0.362 e. The van der Waals surface area contributed by atoms with Gasteiger partial charge in [-0.25, -0.2) is 0 Å². The van der Waals surface area contributed by atoms with Crippen LogP contribution >= 0.6 is 0 Å². The Morgan fingerprint density at radius 2 is 1.72 bits per heavy atom. The Morgan fingerprint density at radius 3 is 2.36 bits per heavy atom. The molecule has 1 N–H and O–H groups in total. The monoisotopic (exact) mass is 332 g/mol. The summed E-state index contributed by atoms with van der Waals surface area (Å²) in [4.78, 5) is 4.71. The molecule has 0 aliphatic carbocycles. The summed E-state index contributed by atoms with van der Waals surface area (Å²) in [5.74, 6) is 0. The number of anilines is 3. The Balaban J connectivity index is 1.94. The molecule has 1 atom stereocenters. The molecule has 0 radical (unpaired) electrons. The highest BCUT2D eigenvalue weighted by Gasteiger charge is 2.42. The van der Waals surface area contributed by atoms with Crippen molar-refractivity contribution in [2.45, 2.75) is 26.4 Å². The first-order valence-corrected chi connectivity index (χ1v) is 8.72. The summed E-state index contributed by atoms with van der Waals surface area (Å²) in [7, 11) is 0. The van der Waals surface area contributed by atoms with E-state index in [2.05, 4.69) is 54.1 Å². The minimum absolute atomic E-state index is 0.276. The van der Waals surface area contributed by atoms with Gasteiger partial charge in [0.25, 0.3) is 0 Å². The molecular formula is C21H24N4. The zero-order valence-corrected chi connectivity index (χ0v) is 15.0. The first kappa shape index (κ1) is 16.9. The molecule has 1 unspecified atom stereocenters. The van der Waals surface area contributed by atoms with E-state index in [1.807, 2.05) is 48.7 Å². The molecule has 2 aromatic rings. The van der Waals surface area contributed by atoms with Gasteiger partial charge < -0.3 is 15.1 Å². The maximum absolute atomic E-state index is 9.24. The van der Waals surface area contributed by atoms with Crippen LogP contribution in [0.25, 0.3) is 0 Å². The predicted molar refractivity (Wildman–Crippen MR) is 105 cm³/mol. The summed E-state index contributed by atoms with van der Waals surface area (Å²) < 4.78 is 0. The molecule has 25 heavy (non-hydrogen) atoms. The molecule has 4 heteroatoms. The van der Waals surface area contributed by atoms with Crippen LogP contribution in [0.5, 0.6) is 0 Å². The van der Waals surface area contributed by atoms with Crippen molar-refractivity contribution in [3.8, 4) is 6.07 Å². The summed E-state index contributed by atoms with van der Waals surface area (Å²) in [5, 5.41) is 12.6. The van der Waals surface area contributed by atoms with Crippen LogP contribution in [0.4, 0.5) is 17.1 Å². The van der Waals surface area contributed by atoms with Gasteiger partial charge in [0.05, 0.1) is 23.0 Å². The molecule has 1 aliphatic heterocycles. The van der Waals surface area contributed by atoms with Gasteiger partial charge in [-0.3, -0.25) is 0 Å². The van der Waals surface area contributed by atoms with Gasteiger partial charge in [0, 0.05) is 25.0 Å². The summed E-state index contributed by atoms with van der Waals surface area (Å²) in [6.07, 6.45) is 4.21. The van der Waals surface area contributed by atoms with Crippen LogP contribution in [0.3, 0.4) is 0 Å². The maximum Gasteiger partial charge on any atom is 0.131 e. The highest BCUT2D eigenvalue weighted by atomic mass is 15.5. The molecule has 0 aromatic heterocycles. The number of rotatable bonds is 5. The largest absolute Gasteiger partial charge is 0.362 e. The third-order valence-electron chi connectivity index (χ3n) is 4.83. The molecule has 4 nitrogen and oxygen atoms in total. The van der Waals surface area contributed by atoms with Gasteiger partial charge in [-0.1, -0.05) is 18.2 Å². The predicted octanol–water partition coefficient (Wildman–Crippen LogP) is 4.57. The average Bonchev–Trinajstić information content (AvgIpc) is 2.88. The molecule has 0 bridgehead atoms. The summed E-state index contributed by atoms with van der Waals surface area (Å²) >= 11 is 0. The first-order chi connectivity index (χ1) is 12.1. The van der Waals surface area contributed by atoms with E-state index in [0.717, 1.165) is 24.5 Å². The third-order valence-corrected chi connectivity index (χ3v) is 4.83. The van der Waals surface area contributed by atoms with Gasteiger partial charge in [0.2, 0.25) is 0 Å². The lowest BCUT2D eigenvalue weighted by Gasteiger charge is -2.40. The molecule has 3 rings (SSSR count). The van der Waals surface area contributed by atoms with Crippen molar-refractivity contribution in [2.75, 3.05) is 28.2 Å². The molecule has 0 fully saturated rings. The van der Waals surface area contributed by atoms with Crippen LogP contribution in [0.1, 0.15) is 26.3 Å². The van der Waals surface area contributed by atoms with E-state index in [9.17, 15) is 5.26 Å². The highest BCUT2D eigenvalue weighted by Crippen LogP contribution is 2.45. The lowest BCUT2D eigenvalue weighted by molar-refractivity contribution is 0.520. The van der Waals surface area contributed by atoms with Gasteiger partial charge in [0.1, 0.15) is 5.66 Å². The van der Waals surface area contributed by atoms with Crippen LogP contribution in [-0.2, 0) is 0 Å². The van der Waals surface area contributed by atoms with E-state index in [0.29, 0.717) is 5.56 Å². The minimum atomic E-state index is -0.276. The van der Waals surface area contributed by atoms with E-state index < -0.39 is 0 Å². The SMILES string of the molecule is CCN1c2ccc(C#N)cc2N(CC)C1(C)C=CNc1ccccc1. The topological polar surface area (TPSA) is 42.3 Å². The average molecular weight is 332 g/mol. The zero-order chi connectivity index (χ0) is 17.9. The van der Waals surface area contributed by atoms with Crippen LogP contribution in [0.2, 0.25) is 0 Å². The second-order valence-corrected chi connectivity index (χ2v) is 6.24. The number of hydrogen-bond acceptors (Lipinski definition) is 4. The lowest BCUT2D eigenvalue weighted by Crippen LogP contribution is -2.53. The Labute approximate surface area is 150 Å². The Bertz CT molecular complexity index is 806. The fourth-order valence-corrected chi connectivity index (χ4v) is 3.66. The van der Waals surface area contributed by atoms with Crippen LogP contribution < -0.4 is 15.1 Å². The van der Waals surface area contributed by atoms with Gasteiger partial charge >= 0.3 is 0 Å². The van der Waals surface area contributed by atoms with E-state index in [1.54, 1.807) is 0 Å². The molecule has 2 aromatic carbocycles. The summed E-state index contributed by atoms with van der Waals surface area (Å²) in [5.41, 5.74) is 3.78. The Hall–Kier alpha value is -2.93. The van der Waals surface area contributed by atoms with E-state index in [-0.39, 0.29) is 5.66 Å². The second kappa shape index (κ2) is 6.90. The van der Waals surface area contributed by atoms with Gasteiger partial charge in [-0.2, -0.15) is 5.26 Å². The van der Waals surface area contributed by atoms with Crippen LogP contribution in [0, 0.1) is 11.3 Å². The van der Waals surface area contributed by atoms with E-state index in [4.69, 9.17) is 0 Å². The fourth-order valence-electron chi connectivity index (χ4n) is 3.66. The summed E-state index contributed by atoms with van der Waals surface area (Å²) in [6, 6.07) is 18.3. The number of hydrogen-bond donors (Lipinski definition) is 1. The lowest BCUT2D eigenvalue weighted by atomic mass is 10.1. The normalized spacial score (nSPS) is 19.1. The molecule has 1 aliphatic rings. The summed E-state index contributed by atoms with van der Waals surface area (Å²) in [6.45, 7) is 8.29. The van der Waals surface area contributed by atoms with Gasteiger partial charge in [0.15, 0.2) is 0 Å². The van der Waals surface area contributed by atoms with Gasteiger partial charge in [-0.05, 0) is 57.2 Å². The molecule has 0 spiro atoms. The zero-order valence-electron chi connectivity index (χ0n) is 15.0. The van der Waals surface area contributed by atoms with Crippen molar-refractivity contribution in [2.24, 2.45) is 0 Å². The van der Waals surface area contributed by atoms with Crippen molar-refractivity contribution in [1.29, 1.82) is 5.26 Å². The molecule has 0 saturated carbocycles. The number of likely N-dealkylation sites (N-methyl/N-ethyl adjacent to an activating group) is 2. The van der Waals surface area contributed by atoms with Crippen LogP contribution in [0.15, 0.2) is 60.8 Å².